The summed E-state index contributed by atoms with van der Waals surface area (Å²) in [4.78, 5) is 19.6. The first-order valence-corrected chi connectivity index (χ1v) is 8.05. The quantitative estimate of drug-likeness (QED) is 0.844. The summed E-state index contributed by atoms with van der Waals surface area (Å²) in [7, 11) is -4.22. The highest BCUT2D eigenvalue weighted by Gasteiger charge is 2.25. The number of benzene rings is 1. The number of carbonyl (C=O) groups excluding carboxylic acids is 1. The number of sulfonamides is 1. The van der Waals surface area contributed by atoms with Crippen LogP contribution < -0.4 is 10.5 Å². The van der Waals surface area contributed by atoms with Crippen molar-refractivity contribution in [3.05, 3.63) is 53.6 Å². The molecule has 0 spiro atoms. The monoisotopic (exact) mass is 320 g/mol. The Morgan fingerprint density at radius 2 is 1.86 bits per heavy atom. The van der Waals surface area contributed by atoms with Crippen LogP contribution in [-0.4, -0.2) is 30.0 Å². The second-order valence-electron chi connectivity index (χ2n) is 4.67. The maximum Gasteiger partial charge on any atom is 0.316 e. The van der Waals surface area contributed by atoms with Crippen LogP contribution in [0.2, 0.25) is 0 Å². The van der Waals surface area contributed by atoms with Gasteiger partial charge in [-0.3, -0.25) is 14.5 Å². The Balaban J connectivity index is 2.16. The number of nitrogens with one attached hydrogen (secondary N) is 1. The van der Waals surface area contributed by atoms with E-state index in [2.05, 4.69) is 14.7 Å². The van der Waals surface area contributed by atoms with Crippen molar-refractivity contribution in [3.63, 3.8) is 0 Å². The van der Waals surface area contributed by atoms with Crippen LogP contribution in [0.4, 0.5) is 5.69 Å². The Morgan fingerprint density at radius 1 is 1.18 bits per heavy atom. The van der Waals surface area contributed by atoms with E-state index >= 15 is 0 Å². The number of carbonyl (C=O) groups is 1. The number of aromatic nitrogens is 2. The molecule has 0 aliphatic rings. The lowest BCUT2D eigenvalue weighted by atomic mass is 10.1. The van der Waals surface area contributed by atoms with Crippen LogP contribution in [0.5, 0.6) is 0 Å². The van der Waals surface area contributed by atoms with Crippen LogP contribution in [0.15, 0.2) is 36.7 Å². The summed E-state index contributed by atoms with van der Waals surface area (Å²) in [6.07, 6.45) is 3.18. The van der Waals surface area contributed by atoms with E-state index in [9.17, 15) is 13.2 Å². The van der Waals surface area contributed by atoms with Gasteiger partial charge in [-0.05, 0) is 37.6 Å². The molecule has 2 rings (SSSR count). The molecule has 1 aromatic carbocycles. The van der Waals surface area contributed by atoms with Crippen LogP contribution >= 0.6 is 0 Å². The van der Waals surface area contributed by atoms with Crippen molar-refractivity contribution < 1.29 is 13.2 Å². The fraction of sp³-hybridized carbons (Fsp3) is 0.214. The molecule has 0 fully saturated rings. The number of anilines is 1. The molecule has 7 nitrogen and oxygen atoms in total. The van der Waals surface area contributed by atoms with E-state index in [1.54, 1.807) is 31.2 Å². The number of nitrogens with two attached hydrogens (primary N) is 1. The summed E-state index contributed by atoms with van der Waals surface area (Å²) >= 11 is 0. The zero-order valence-corrected chi connectivity index (χ0v) is 12.8. The lowest BCUT2D eigenvalue weighted by Crippen LogP contribution is -2.24. The van der Waals surface area contributed by atoms with Gasteiger partial charge in [0, 0.05) is 11.9 Å². The molecule has 0 atom stereocenters. The number of nitrogens with zero attached hydrogens (tertiary/aromatic N) is 2. The highest BCUT2D eigenvalue weighted by atomic mass is 32.2. The Morgan fingerprint density at radius 3 is 2.41 bits per heavy atom. The van der Waals surface area contributed by atoms with E-state index in [0.29, 0.717) is 24.3 Å². The molecule has 116 valence electrons. The molecule has 3 N–H and O–H groups in total. The van der Waals surface area contributed by atoms with Crippen molar-refractivity contribution >= 4 is 20.8 Å². The van der Waals surface area contributed by atoms with E-state index in [-0.39, 0.29) is 5.69 Å². The third kappa shape index (κ3) is 3.86. The molecule has 22 heavy (non-hydrogen) atoms. The number of rotatable bonds is 5. The first-order valence-electron chi connectivity index (χ1n) is 6.57. The van der Waals surface area contributed by atoms with E-state index in [0.717, 1.165) is 11.8 Å². The lowest BCUT2D eigenvalue weighted by Gasteiger charge is -2.07. The second kappa shape index (κ2) is 6.63. The van der Waals surface area contributed by atoms with Crippen molar-refractivity contribution in [2.24, 2.45) is 5.73 Å². The summed E-state index contributed by atoms with van der Waals surface area (Å²) in [5.41, 5.74) is 7.10. The van der Waals surface area contributed by atoms with Crippen molar-refractivity contribution in [3.8, 4) is 0 Å². The molecule has 8 heteroatoms. The van der Waals surface area contributed by atoms with Gasteiger partial charge in [-0.2, -0.15) is 8.42 Å². The summed E-state index contributed by atoms with van der Waals surface area (Å²) in [6.45, 7) is 2.20. The molecular formula is C14H16N4O3S. The third-order valence-corrected chi connectivity index (χ3v) is 4.08. The van der Waals surface area contributed by atoms with Crippen LogP contribution in [0, 0.1) is 6.92 Å². The van der Waals surface area contributed by atoms with Gasteiger partial charge in [0.15, 0.2) is 0 Å². The summed E-state index contributed by atoms with van der Waals surface area (Å²) in [5.74, 6) is 0. The Kier molecular flexibility index (Phi) is 4.84. The van der Waals surface area contributed by atoms with Crippen molar-refractivity contribution in [1.82, 2.24) is 9.97 Å². The molecule has 0 aliphatic heterocycles. The van der Waals surface area contributed by atoms with E-state index in [1.807, 2.05) is 0 Å². The fourth-order valence-electron chi connectivity index (χ4n) is 1.74. The molecule has 0 radical (unpaired) electrons. The maximum absolute atomic E-state index is 12.0. The summed E-state index contributed by atoms with van der Waals surface area (Å²) in [5, 5.41) is -1.12. The third-order valence-electron chi connectivity index (χ3n) is 2.87. The minimum absolute atomic E-state index is 0.224. The SMILES string of the molecule is Cc1cnc(C(=O)S(=O)(=O)Nc2ccc(CCN)cc2)cn1. The predicted octanol–water partition coefficient (Wildman–Crippen LogP) is 0.868. The molecule has 1 aromatic heterocycles. The van der Waals surface area contributed by atoms with Crippen molar-refractivity contribution in [1.29, 1.82) is 0 Å². The lowest BCUT2D eigenvalue weighted by molar-refractivity contribution is 0.107. The number of aryl methyl sites for hydroxylation is 1. The Bertz CT molecular complexity index is 756. The molecule has 0 amide bonds. The van der Waals surface area contributed by atoms with E-state index in [1.165, 1.54) is 6.20 Å². The molecule has 0 unspecified atom stereocenters. The van der Waals surface area contributed by atoms with Gasteiger partial charge in [0.1, 0.15) is 5.69 Å². The van der Waals surface area contributed by atoms with E-state index in [4.69, 9.17) is 5.73 Å². The zero-order chi connectivity index (χ0) is 16.2. The van der Waals surface area contributed by atoms with E-state index < -0.39 is 15.1 Å². The molecule has 2 aromatic rings. The van der Waals surface area contributed by atoms with Gasteiger partial charge >= 0.3 is 15.1 Å². The first-order chi connectivity index (χ1) is 10.4. The standard InChI is InChI=1S/C14H16N4O3S/c1-10-8-17-13(9-16-10)14(19)22(20,21)18-12-4-2-11(3-5-12)6-7-15/h2-5,8-9,18H,6-7,15H2,1H3. The summed E-state index contributed by atoms with van der Waals surface area (Å²) < 4.78 is 26.3. The van der Waals surface area contributed by atoms with Gasteiger partial charge in [0.05, 0.1) is 11.9 Å². The highest BCUT2D eigenvalue weighted by molar-refractivity contribution is 8.07. The second-order valence-corrected chi connectivity index (χ2v) is 6.25. The highest BCUT2D eigenvalue weighted by Crippen LogP contribution is 2.13. The largest absolute Gasteiger partial charge is 0.330 e. The maximum atomic E-state index is 12.0. The average molecular weight is 320 g/mol. The molecular weight excluding hydrogens is 304 g/mol. The van der Waals surface area contributed by atoms with Crippen LogP contribution in [0.3, 0.4) is 0 Å². The molecule has 0 saturated carbocycles. The fourth-order valence-corrected chi connectivity index (χ4v) is 2.66. The average Bonchev–Trinajstić information content (AvgIpc) is 2.49. The normalized spacial score (nSPS) is 11.2. The molecule has 1 heterocycles. The topological polar surface area (TPSA) is 115 Å². The zero-order valence-electron chi connectivity index (χ0n) is 12.0. The number of hydrogen-bond donors (Lipinski definition) is 2. The van der Waals surface area contributed by atoms with Crippen LogP contribution in [-0.2, 0) is 16.4 Å². The molecule has 0 saturated heterocycles. The van der Waals surface area contributed by atoms with Gasteiger partial charge < -0.3 is 5.73 Å². The van der Waals surface area contributed by atoms with Gasteiger partial charge in [0.2, 0.25) is 0 Å². The van der Waals surface area contributed by atoms with Gasteiger partial charge in [-0.15, -0.1) is 0 Å². The Labute approximate surface area is 128 Å². The van der Waals surface area contributed by atoms with Crippen LogP contribution in [0.25, 0.3) is 0 Å². The minimum atomic E-state index is -4.22. The van der Waals surface area contributed by atoms with Gasteiger partial charge in [0.25, 0.3) is 0 Å². The Hall–Kier alpha value is -2.32. The first kappa shape index (κ1) is 16.1. The minimum Gasteiger partial charge on any atom is -0.330 e. The predicted molar refractivity (Wildman–Crippen MR) is 82.8 cm³/mol. The van der Waals surface area contributed by atoms with Gasteiger partial charge in [-0.1, -0.05) is 12.1 Å². The molecule has 0 aliphatic carbocycles. The van der Waals surface area contributed by atoms with Crippen LogP contribution in [0.1, 0.15) is 21.7 Å². The van der Waals surface area contributed by atoms with Crippen molar-refractivity contribution in [2.45, 2.75) is 13.3 Å². The van der Waals surface area contributed by atoms with Crippen molar-refractivity contribution in [2.75, 3.05) is 11.3 Å². The van der Waals surface area contributed by atoms with Gasteiger partial charge in [-0.25, -0.2) is 4.98 Å². The summed E-state index contributed by atoms with van der Waals surface area (Å²) in [6, 6.07) is 6.66. The number of hydrogen-bond acceptors (Lipinski definition) is 6. The smallest absolute Gasteiger partial charge is 0.316 e. The molecule has 0 bridgehead atoms.